The fraction of sp³-hybridized carbons (Fsp3) is 0.368. The van der Waals surface area contributed by atoms with Gasteiger partial charge in [0.1, 0.15) is 6.61 Å². The first-order valence-electron chi connectivity index (χ1n) is 7.83. The quantitative estimate of drug-likeness (QED) is 0.714. The van der Waals surface area contributed by atoms with Crippen LogP contribution in [0.2, 0.25) is 5.02 Å². The van der Waals surface area contributed by atoms with Gasteiger partial charge in [0.15, 0.2) is 11.5 Å². The number of hydrogen-bond donors (Lipinski definition) is 2. The predicted octanol–water partition coefficient (Wildman–Crippen LogP) is 4.21. The number of aliphatic hydroxyl groups excluding tert-OH is 1. The second-order valence-electron chi connectivity index (χ2n) is 6.30. The highest BCUT2D eigenvalue weighted by atomic mass is 35.5. The second kappa shape index (κ2) is 9.88. The van der Waals surface area contributed by atoms with Crippen LogP contribution in [0.25, 0.3) is 0 Å². The van der Waals surface area contributed by atoms with Gasteiger partial charge in [-0.3, -0.25) is 0 Å². The van der Waals surface area contributed by atoms with E-state index in [9.17, 15) is 5.11 Å². The Hall–Kier alpha value is -1.46. The summed E-state index contributed by atoms with van der Waals surface area (Å²) in [7, 11) is 1.62. The molecule has 0 radical (unpaired) electrons. The van der Waals surface area contributed by atoms with Crippen molar-refractivity contribution in [3.63, 3.8) is 0 Å². The molecule has 0 aliphatic heterocycles. The Kier molecular flexibility index (Phi) is 8.53. The Morgan fingerprint density at radius 2 is 1.68 bits per heavy atom. The number of methoxy groups -OCH3 is 1. The van der Waals surface area contributed by atoms with Crippen molar-refractivity contribution in [2.75, 3.05) is 13.7 Å². The third-order valence-corrected chi connectivity index (χ3v) is 3.95. The van der Waals surface area contributed by atoms with E-state index in [0.29, 0.717) is 29.7 Å². The van der Waals surface area contributed by atoms with Gasteiger partial charge in [0.05, 0.1) is 13.7 Å². The molecule has 2 aromatic rings. The lowest BCUT2D eigenvalue weighted by atomic mass is 10.1. The largest absolute Gasteiger partial charge is 0.493 e. The molecule has 2 rings (SSSR count). The van der Waals surface area contributed by atoms with Crippen LogP contribution in [-0.2, 0) is 13.2 Å². The highest BCUT2D eigenvalue weighted by Gasteiger charge is 2.15. The van der Waals surface area contributed by atoms with E-state index in [1.165, 1.54) is 0 Å². The van der Waals surface area contributed by atoms with Crippen molar-refractivity contribution in [3.8, 4) is 11.5 Å². The highest BCUT2D eigenvalue weighted by molar-refractivity contribution is 6.30. The Morgan fingerprint density at radius 3 is 2.28 bits per heavy atom. The SMILES string of the molecule is COc1cc(CNC(C)(C)CO)ccc1OCc1ccc(Cl)cc1.Cl. The van der Waals surface area contributed by atoms with Crippen molar-refractivity contribution in [1.29, 1.82) is 0 Å². The van der Waals surface area contributed by atoms with Crippen LogP contribution in [0.15, 0.2) is 42.5 Å². The Morgan fingerprint density at radius 1 is 1.04 bits per heavy atom. The van der Waals surface area contributed by atoms with Crippen LogP contribution in [0.5, 0.6) is 11.5 Å². The molecule has 0 bridgehead atoms. The highest BCUT2D eigenvalue weighted by Crippen LogP contribution is 2.29. The summed E-state index contributed by atoms with van der Waals surface area (Å²) in [4.78, 5) is 0. The molecular formula is C19H25Cl2NO3. The lowest BCUT2D eigenvalue weighted by Gasteiger charge is -2.23. The normalized spacial score (nSPS) is 10.9. The molecule has 138 valence electrons. The molecule has 4 nitrogen and oxygen atoms in total. The third kappa shape index (κ3) is 6.75. The summed E-state index contributed by atoms with van der Waals surface area (Å²) in [5.41, 5.74) is 1.78. The molecular weight excluding hydrogens is 361 g/mol. The van der Waals surface area contributed by atoms with Gasteiger partial charge >= 0.3 is 0 Å². The van der Waals surface area contributed by atoms with Gasteiger partial charge in [-0.1, -0.05) is 29.8 Å². The van der Waals surface area contributed by atoms with Crippen LogP contribution < -0.4 is 14.8 Å². The number of ether oxygens (including phenoxy) is 2. The Bertz CT molecular complexity index is 660. The Balaban J connectivity index is 0.00000312. The van der Waals surface area contributed by atoms with Crippen LogP contribution in [0.4, 0.5) is 0 Å². The summed E-state index contributed by atoms with van der Waals surface area (Å²) < 4.78 is 11.3. The molecule has 0 atom stereocenters. The topological polar surface area (TPSA) is 50.7 Å². The van der Waals surface area contributed by atoms with Crippen LogP contribution in [0.1, 0.15) is 25.0 Å². The average Bonchev–Trinajstić information content (AvgIpc) is 2.60. The fourth-order valence-corrected chi connectivity index (χ4v) is 2.21. The maximum absolute atomic E-state index is 9.30. The monoisotopic (exact) mass is 385 g/mol. The van der Waals surface area contributed by atoms with E-state index in [0.717, 1.165) is 11.1 Å². The number of hydrogen-bond acceptors (Lipinski definition) is 4. The maximum atomic E-state index is 9.30. The van der Waals surface area contributed by atoms with Crippen molar-refractivity contribution < 1.29 is 14.6 Å². The van der Waals surface area contributed by atoms with E-state index in [1.807, 2.05) is 56.3 Å². The van der Waals surface area contributed by atoms with Crippen molar-refractivity contribution in [3.05, 3.63) is 58.6 Å². The van der Waals surface area contributed by atoms with E-state index in [4.69, 9.17) is 21.1 Å². The number of benzene rings is 2. The van der Waals surface area contributed by atoms with Crippen molar-refractivity contribution in [1.82, 2.24) is 5.32 Å². The molecule has 2 N–H and O–H groups in total. The Labute approximate surface area is 160 Å². The van der Waals surface area contributed by atoms with Gasteiger partial charge in [-0.15, -0.1) is 12.4 Å². The zero-order chi connectivity index (χ0) is 17.6. The summed E-state index contributed by atoms with van der Waals surface area (Å²) in [6.07, 6.45) is 0. The number of nitrogens with one attached hydrogen (secondary N) is 1. The van der Waals surface area contributed by atoms with Gasteiger partial charge in [0.2, 0.25) is 0 Å². The summed E-state index contributed by atoms with van der Waals surface area (Å²) in [5, 5.41) is 13.3. The van der Waals surface area contributed by atoms with Crippen LogP contribution >= 0.6 is 24.0 Å². The molecule has 25 heavy (non-hydrogen) atoms. The maximum Gasteiger partial charge on any atom is 0.161 e. The second-order valence-corrected chi connectivity index (χ2v) is 6.73. The first kappa shape index (κ1) is 21.6. The molecule has 6 heteroatoms. The molecule has 0 aliphatic carbocycles. The van der Waals surface area contributed by atoms with Gasteiger partial charge in [-0.2, -0.15) is 0 Å². The average molecular weight is 386 g/mol. The van der Waals surface area contributed by atoms with Gasteiger partial charge in [0, 0.05) is 17.1 Å². The van der Waals surface area contributed by atoms with Crippen molar-refractivity contribution in [2.45, 2.75) is 32.5 Å². The van der Waals surface area contributed by atoms with Crippen LogP contribution in [0.3, 0.4) is 0 Å². The van der Waals surface area contributed by atoms with Gasteiger partial charge in [-0.05, 0) is 49.2 Å². The van der Waals surface area contributed by atoms with Gasteiger partial charge in [0.25, 0.3) is 0 Å². The molecule has 0 saturated heterocycles. The van der Waals surface area contributed by atoms with Gasteiger partial charge < -0.3 is 19.9 Å². The number of rotatable bonds is 8. The standard InChI is InChI=1S/C19H24ClNO3.ClH/c1-19(2,13-22)21-11-15-6-9-17(18(10-15)23-3)24-12-14-4-7-16(20)8-5-14;/h4-10,21-22H,11-13H2,1-3H3;1H. The lowest BCUT2D eigenvalue weighted by molar-refractivity contribution is 0.187. The molecule has 0 unspecified atom stereocenters. The minimum Gasteiger partial charge on any atom is -0.493 e. The van der Waals surface area contributed by atoms with Crippen LogP contribution in [0, 0.1) is 0 Å². The van der Waals surface area contributed by atoms with Crippen molar-refractivity contribution in [2.24, 2.45) is 0 Å². The summed E-state index contributed by atoms with van der Waals surface area (Å²) in [6.45, 7) is 5.07. The molecule has 0 aromatic heterocycles. The van der Waals surface area contributed by atoms with Gasteiger partial charge in [-0.25, -0.2) is 0 Å². The lowest BCUT2D eigenvalue weighted by Crippen LogP contribution is -2.42. The van der Waals surface area contributed by atoms with E-state index in [1.54, 1.807) is 7.11 Å². The number of halogens is 2. The molecule has 2 aromatic carbocycles. The molecule has 0 amide bonds. The summed E-state index contributed by atoms with van der Waals surface area (Å²) in [5.74, 6) is 1.38. The first-order valence-corrected chi connectivity index (χ1v) is 8.21. The third-order valence-electron chi connectivity index (χ3n) is 3.70. The first-order chi connectivity index (χ1) is 11.4. The van der Waals surface area contributed by atoms with E-state index >= 15 is 0 Å². The van der Waals surface area contributed by atoms with E-state index < -0.39 is 0 Å². The minimum atomic E-state index is -0.322. The number of aliphatic hydroxyl groups is 1. The molecule has 0 heterocycles. The zero-order valence-electron chi connectivity index (χ0n) is 14.7. The molecule has 0 fully saturated rings. The van der Waals surface area contributed by atoms with Crippen molar-refractivity contribution >= 4 is 24.0 Å². The van der Waals surface area contributed by atoms with Crippen LogP contribution in [-0.4, -0.2) is 24.4 Å². The smallest absolute Gasteiger partial charge is 0.161 e. The fourth-order valence-electron chi connectivity index (χ4n) is 2.08. The summed E-state index contributed by atoms with van der Waals surface area (Å²) in [6, 6.07) is 13.4. The molecule has 0 aliphatic rings. The summed E-state index contributed by atoms with van der Waals surface area (Å²) >= 11 is 5.88. The van der Waals surface area contributed by atoms with E-state index in [2.05, 4.69) is 5.32 Å². The predicted molar refractivity (Wildman–Crippen MR) is 104 cm³/mol. The van der Waals surface area contributed by atoms with E-state index in [-0.39, 0.29) is 24.6 Å². The minimum absolute atomic E-state index is 0. The zero-order valence-corrected chi connectivity index (χ0v) is 16.3. The molecule has 0 spiro atoms. The molecule has 0 saturated carbocycles.